The van der Waals surface area contributed by atoms with Crippen LogP contribution in [0.4, 0.5) is 0 Å². The average molecular weight is 183 g/mol. The van der Waals surface area contributed by atoms with Crippen molar-refractivity contribution in [1.82, 2.24) is 4.90 Å². The van der Waals surface area contributed by atoms with Crippen LogP contribution in [0.2, 0.25) is 0 Å². The van der Waals surface area contributed by atoms with Crippen molar-refractivity contribution in [2.24, 2.45) is 0 Å². The van der Waals surface area contributed by atoms with E-state index in [9.17, 15) is 0 Å². The minimum absolute atomic E-state index is 0.255. The Hall–Kier alpha value is -0.0800. The van der Waals surface area contributed by atoms with Gasteiger partial charge in [0.05, 0.1) is 12.2 Å². The molecule has 13 heavy (non-hydrogen) atoms. The molecule has 0 bridgehead atoms. The summed E-state index contributed by atoms with van der Waals surface area (Å²) in [6, 6.07) is 0. The van der Waals surface area contributed by atoms with Crippen molar-refractivity contribution in [2.45, 2.75) is 51.2 Å². The van der Waals surface area contributed by atoms with Gasteiger partial charge in [0.15, 0.2) is 0 Å². The summed E-state index contributed by atoms with van der Waals surface area (Å²) < 4.78 is 5.74. The van der Waals surface area contributed by atoms with Gasteiger partial charge in [-0.2, -0.15) is 0 Å². The van der Waals surface area contributed by atoms with E-state index in [1.165, 1.54) is 25.8 Å². The van der Waals surface area contributed by atoms with Crippen molar-refractivity contribution >= 4 is 0 Å². The third-order valence-corrected chi connectivity index (χ3v) is 3.45. The number of hydrogen-bond donors (Lipinski definition) is 0. The fraction of sp³-hybridized carbons (Fsp3) is 1.00. The molecule has 0 amide bonds. The fourth-order valence-corrected chi connectivity index (χ4v) is 2.38. The van der Waals surface area contributed by atoms with Gasteiger partial charge in [-0.25, -0.2) is 0 Å². The van der Waals surface area contributed by atoms with Crippen molar-refractivity contribution in [3.05, 3.63) is 0 Å². The zero-order valence-corrected chi connectivity index (χ0v) is 9.10. The van der Waals surface area contributed by atoms with Crippen molar-refractivity contribution < 1.29 is 4.74 Å². The Bertz CT molecular complexity index is 191. The molecular weight excluding hydrogens is 162 g/mol. The molecule has 2 heteroatoms. The van der Waals surface area contributed by atoms with E-state index in [1.54, 1.807) is 0 Å². The lowest BCUT2D eigenvalue weighted by Gasteiger charge is -2.52. The van der Waals surface area contributed by atoms with Crippen molar-refractivity contribution in [3.63, 3.8) is 0 Å². The van der Waals surface area contributed by atoms with Gasteiger partial charge >= 0.3 is 0 Å². The van der Waals surface area contributed by atoms with Crippen LogP contribution in [0.25, 0.3) is 0 Å². The largest absolute Gasteiger partial charge is 0.373 e. The Morgan fingerprint density at radius 2 is 1.92 bits per heavy atom. The molecule has 1 atom stereocenters. The summed E-state index contributed by atoms with van der Waals surface area (Å²) in [6.07, 6.45) is 3.86. The van der Waals surface area contributed by atoms with Gasteiger partial charge in [-0.15, -0.1) is 0 Å². The van der Waals surface area contributed by atoms with Gasteiger partial charge in [-0.3, -0.25) is 4.90 Å². The molecule has 2 aliphatic rings. The number of piperidine rings is 1. The molecule has 2 saturated heterocycles. The standard InChI is InChI=1S/C11H21NO/c1-10(2,3)12-7-4-5-11(9-12)6-8-13-11/h4-9H2,1-3H3. The van der Waals surface area contributed by atoms with Crippen LogP contribution >= 0.6 is 0 Å². The first-order chi connectivity index (χ1) is 6.02. The first-order valence-corrected chi connectivity index (χ1v) is 5.41. The summed E-state index contributed by atoms with van der Waals surface area (Å²) in [6.45, 7) is 10.3. The van der Waals surface area contributed by atoms with Gasteiger partial charge in [0.25, 0.3) is 0 Å². The van der Waals surface area contributed by atoms with Crippen molar-refractivity contribution in [1.29, 1.82) is 0 Å². The van der Waals surface area contributed by atoms with Crippen molar-refractivity contribution in [3.8, 4) is 0 Å². The molecule has 0 aromatic heterocycles. The monoisotopic (exact) mass is 183 g/mol. The second-order valence-corrected chi connectivity index (χ2v) is 5.48. The van der Waals surface area contributed by atoms with E-state index in [4.69, 9.17) is 4.74 Å². The van der Waals surface area contributed by atoms with E-state index < -0.39 is 0 Å². The van der Waals surface area contributed by atoms with Gasteiger partial charge in [-0.1, -0.05) is 0 Å². The number of hydrogen-bond acceptors (Lipinski definition) is 2. The topological polar surface area (TPSA) is 12.5 Å². The summed E-state index contributed by atoms with van der Waals surface area (Å²) in [7, 11) is 0. The summed E-state index contributed by atoms with van der Waals surface area (Å²) in [4.78, 5) is 2.57. The normalized spacial score (nSPS) is 36.2. The van der Waals surface area contributed by atoms with Crippen LogP contribution in [0.15, 0.2) is 0 Å². The average Bonchev–Trinajstić information content (AvgIpc) is 2.00. The van der Waals surface area contributed by atoms with Gasteiger partial charge in [-0.05, 0) is 40.2 Å². The molecule has 0 radical (unpaired) electrons. The molecule has 76 valence electrons. The summed E-state index contributed by atoms with van der Waals surface area (Å²) in [5.41, 5.74) is 0.567. The Labute approximate surface area is 81.3 Å². The van der Waals surface area contributed by atoms with Gasteiger partial charge in [0.1, 0.15) is 0 Å². The van der Waals surface area contributed by atoms with E-state index in [1.807, 2.05) is 0 Å². The predicted octanol–water partition coefficient (Wildman–Crippen LogP) is 2.04. The van der Waals surface area contributed by atoms with E-state index in [0.29, 0.717) is 5.54 Å². The lowest BCUT2D eigenvalue weighted by molar-refractivity contribution is -0.185. The molecule has 2 nitrogen and oxygen atoms in total. The molecule has 2 heterocycles. The molecule has 0 aromatic carbocycles. The van der Waals surface area contributed by atoms with Crippen LogP contribution in [-0.4, -0.2) is 35.7 Å². The number of nitrogens with zero attached hydrogens (tertiary/aromatic N) is 1. The summed E-state index contributed by atoms with van der Waals surface area (Å²) in [5, 5.41) is 0. The highest BCUT2D eigenvalue weighted by molar-refractivity contribution is 4.96. The van der Waals surface area contributed by atoms with Gasteiger partial charge < -0.3 is 4.74 Å². The predicted molar refractivity (Wildman–Crippen MR) is 53.9 cm³/mol. The van der Waals surface area contributed by atoms with E-state index in [-0.39, 0.29) is 5.60 Å². The van der Waals surface area contributed by atoms with E-state index in [2.05, 4.69) is 25.7 Å². The maximum absolute atomic E-state index is 5.74. The third kappa shape index (κ3) is 1.75. The second-order valence-electron chi connectivity index (χ2n) is 5.48. The van der Waals surface area contributed by atoms with Gasteiger partial charge in [0.2, 0.25) is 0 Å². The Kier molecular flexibility index (Phi) is 2.16. The molecule has 0 aliphatic carbocycles. The zero-order valence-electron chi connectivity index (χ0n) is 9.10. The molecular formula is C11H21NO. The Balaban J connectivity index is 2.00. The lowest BCUT2D eigenvalue weighted by atomic mass is 9.84. The Morgan fingerprint density at radius 3 is 2.38 bits per heavy atom. The molecule has 0 saturated carbocycles. The molecule has 2 aliphatic heterocycles. The smallest absolute Gasteiger partial charge is 0.0831 e. The van der Waals surface area contributed by atoms with Crippen molar-refractivity contribution in [2.75, 3.05) is 19.7 Å². The summed E-state index contributed by atoms with van der Waals surface area (Å²) >= 11 is 0. The van der Waals surface area contributed by atoms with Crippen LogP contribution in [-0.2, 0) is 4.74 Å². The SMILES string of the molecule is CC(C)(C)N1CCCC2(CCO2)C1. The maximum Gasteiger partial charge on any atom is 0.0831 e. The highest BCUT2D eigenvalue weighted by Gasteiger charge is 2.43. The first kappa shape index (κ1) is 9.47. The number of ether oxygens (including phenoxy) is 1. The number of rotatable bonds is 0. The highest BCUT2D eigenvalue weighted by atomic mass is 16.5. The molecule has 1 unspecified atom stereocenters. The maximum atomic E-state index is 5.74. The van der Waals surface area contributed by atoms with Gasteiger partial charge in [0, 0.05) is 18.5 Å². The second kappa shape index (κ2) is 2.96. The van der Waals surface area contributed by atoms with E-state index >= 15 is 0 Å². The quantitative estimate of drug-likeness (QED) is 0.570. The highest BCUT2D eigenvalue weighted by Crippen LogP contribution is 2.37. The lowest BCUT2D eigenvalue weighted by Crippen LogP contribution is -2.59. The van der Waals surface area contributed by atoms with Crippen LogP contribution in [0.1, 0.15) is 40.0 Å². The molecule has 1 spiro atoms. The molecule has 2 rings (SSSR count). The van der Waals surface area contributed by atoms with Crippen LogP contribution < -0.4 is 0 Å². The number of likely N-dealkylation sites (tertiary alicyclic amines) is 1. The van der Waals surface area contributed by atoms with Crippen LogP contribution in [0.3, 0.4) is 0 Å². The van der Waals surface area contributed by atoms with Crippen LogP contribution in [0, 0.1) is 0 Å². The van der Waals surface area contributed by atoms with E-state index in [0.717, 1.165) is 13.2 Å². The Morgan fingerprint density at radius 1 is 1.23 bits per heavy atom. The minimum Gasteiger partial charge on any atom is -0.373 e. The summed E-state index contributed by atoms with van der Waals surface area (Å²) in [5.74, 6) is 0. The third-order valence-electron chi connectivity index (χ3n) is 3.45. The minimum atomic E-state index is 0.255. The molecule has 2 fully saturated rings. The fourth-order valence-electron chi connectivity index (χ4n) is 2.38. The molecule has 0 aromatic rings. The molecule has 0 N–H and O–H groups in total. The zero-order chi connectivity index (χ0) is 9.53. The first-order valence-electron chi connectivity index (χ1n) is 5.41. The van der Waals surface area contributed by atoms with Crippen LogP contribution in [0.5, 0.6) is 0 Å².